The fourth-order valence-corrected chi connectivity index (χ4v) is 1.56. The van der Waals surface area contributed by atoms with Crippen molar-refractivity contribution < 1.29 is 4.74 Å². The van der Waals surface area contributed by atoms with Crippen molar-refractivity contribution in [1.82, 2.24) is 4.98 Å². The molecule has 0 spiro atoms. The Morgan fingerprint density at radius 1 is 1.33 bits per heavy atom. The van der Waals surface area contributed by atoms with Gasteiger partial charge in [-0.1, -0.05) is 11.6 Å². The maximum atomic E-state index is 8.82. The summed E-state index contributed by atoms with van der Waals surface area (Å²) in [5.74, 6) is 1.24. The van der Waals surface area contributed by atoms with E-state index in [4.69, 9.17) is 21.6 Å². The fourth-order valence-electron chi connectivity index (χ4n) is 1.45. The Balaban J connectivity index is 2.29. The molecule has 90 valence electrons. The number of hydrogen-bond donors (Lipinski definition) is 1. The quantitative estimate of drug-likeness (QED) is 0.918. The Bertz CT molecular complexity index is 590. The third-order valence-electron chi connectivity index (χ3n) is 2.32. The maximum absolute atomic E-state index is 8.82. The van der Waals surface area contributed by atoms with Gasteiger partial charge in [0.15, 0.2) is 0 Å². The highest BCUT2D eigenvalue weighted by molar-refractivity contribution is 6.30. The van der Waals surface area contributed by atoms with Crippen molar-refractivity contribution in [2.75, 3.05) is 12.4 Å². The number of hydrogen-bond acceptors (Lipinski definition) is 4. The second-order valence-corrected chi connectivity index (χ2v) is 3.95. The molecule has 0 atom stereocenters. The number of pyridine rings is 1. The number of nitriles is 1. The first-order valence-corrected chi connectivity index (χ1v) is 5.57. The highest BCUT2D eigenvalue weighted by Gasteiger charge is 2.05. The van der Waals surface area contributed by atoms with E-state index >= 15 is 0 Å². The van der Waals surface area contributed by atoms with Gasteiger partial charge < -0.3 is 10.1 Å². The van der Waals surface area contributed by atoms with Gasteiger partial charge in [-0.05, 0) is 24.3 Å². The van der Waals surface area contributed by atoms with Crippen LogP contribution in [-0.2, 0) is 0 Å². The summed E-state index contributed by atoms with van der Waals surface area (Å²) in [6.07, 6.45) is 1.56. The van der Waals surface area contributed by atoms with E-state index in [2.05, 4.69) is 16.4 Å². The lowest BCUT2D eigenvalue weighted by Gasteiger charge is -2.10. The van der Waals surface area contributed by atoms with Crippen LogP contribution >= 0.6 is 11.6 Å². The molecule has 1 heterocycles. The molecule has 4 nitrogen and oxygen atoms in total. The summed E-state index contributed by atoms with van der Waals surface area (Å²) in [4.78, 5) is 4.13. The number of benzene rings is 1. The predicted octanol–water partition coefficient (Wildman–Crippen LogP) is 3.36. The van der Waals surface area contributed by atoms with Crippen molar-refractivity contribution in [3.05, 3.63) is 47.1 Å². The lowest BCUT2D eigenvalue weighted by molar-refractivity contribution is 0.416. The van der Waals surface area contributed by atoms with Gasteiger partial charge in [-0.3, -0.25) is 0 Å². The summed E-state index contributed by atoms with van der Waals surface area (Å²) < 4.78 is 5.22. The monoisotopic (exact) mass is 259 g/mol. The van der Waals surface area contributed by atoms with E-state index in [1.165, 1.54) is 0 Å². The number of anilines is 2. The summed E-state index contributed by atoms with van der Waals surface area (Å²) in [7, 11) is 1.55. The van der Waals surface area contributed by atoms with E-state index in [0.717, 1.165) is 5.69 Å². The zero-order valence-corrected chi connectivity index (χ0v) is 10.4. The third kappa shape index (κ3) is 2.70. The lowest BCUT2D eigenvalue weighted by atomic mass is 10.2. The van der Waals surface area contributed by atoms with Crippen LogP contribution in [0, 0.1) is 11.3 Å². The molecule has 2 rings (SSSR count). The van der Waals surface area contributed by atoms with Gasteiger partial charge in [-0.25, -0.2) is 4.98 Å². The van der Waals surface area contributed by atoms with Crippen LogP contribution in [0.3, 0.4) is 0 Å². The van der Waals surface area contributed by atoms with Crippen molar-refractivity contribution in [3.8, 4) is 11.8 Å². The lowest BCUT2D eigenvalue weighted by Crippen LogP contribution is -1.96. The summed E-state index contributed by atoms with van der Waals surface area (Å²) >= 11 is 5.76. The fraction of sp³-hybridized carbons (Fsp3) is 0.0769. The van der Waals surface area contributed by atoms with Crippen molar-refractivity contribution in [2.24, 2.45) is 0 Å². The Morgan fingerprint density at radius 3 is 2.78 bits per heavy atom. The number of nitrogens with zero attached hydrogens (tertiary/aromatic N) is 2. The molecule has 0 amide bonds. The van der Waals surface area contributed by atoms with Crippen molar-refractivity contribution in [3.63, 3.8) is 0 Å². The minimum Gasteiger partial charge on any atom is -0.495 e. The second kappa shape index (κ2) is 5.39. The van der Waals surface area contributed by atoms with Crippen LogP contribution < -0.4 is 10.1 Å². The van der Waals surface area contributed by atoms with Crippen molar-refractivity contribution in [1.29, 1.82) is 5.26 Å². The standard InChI is InChI=1S/C13H10ClN3O/c1-18-12-6-9(7-15)2-4-11(12)17-13-5-3-10(14)8-16-13/h2-6,8H,1H3,(H,16,17). The second-order valence-electron chi connectivity index (χ2n) is 3.51. The van der Waals surface area contributed by atoms with Crippen molar-refractivity contribution >= 4 is 23.1 Å². The first-order chi connectivity index (χ1) is 8.72. The molecule has 0 aliphatic carbocycles. The van der Waals surface area contributed by atoms with Crippen LogP contribution in [0.2, 0.25) is 5.02 Å². The van der Waals surface area contributed by atoms with Crippen LogP contribution in [0.5, 0.6) is 5.75 Å². The maximum Gasteiger partial charge on any atom is 0.143 e. The first kappa shape index (κ1) is 12.2. The highest BCUT2D eigenvalue weighted by Crippen LogP contribution is 2.28. The molecule has 0 aliphatic heterocycles. The molecule has 18 heavy (non-hydrogen) atoms. The van der Waals surface area contributed by atoms with Crippen LogP contribution in [0.1, 0.15) is 5.56 Å². The summed E-state index contributed by atoms with van der Waals surface area (Å²) in [6, 6.07) is 10.7. The predicted molar refractivity (Wildman–Crippen MR) is 70.2 cm³/mol. The molecule has 1 aromatic heterocycles. The SMILES string of the molecule is COc1cc(C#N)ccc1Nc1ccc(Cl)cn1. The van der Waals surface area contributed by atoms with Crippen LogP contribution in [0.25, 0.3) is 0 Å². The van der Waals surface area contributed by atoms with Crippen molar-refractivity contribution in [2.45, 2.75) is 0 Å². The van der Waals surface area contributed by atoms with Gasteiger partial charge in [0.25, 0.3) is 0 Å². The molecular weight excluding hydrogens is 250 g/mol. The van der Waals surface area contributed by atoms with E-state index in [0.29, 0.717) is 22.2 Å². The third-order valence-corrected chi connectivity index (χ3v) is 2.54. The molecule has 0 bridgehead atoms. The number of nitrogens with one attached hydrogen (secondary N) is 1. The first-order valence-electron chi connectivity index (χ1n) is 5.19. The minimum absolute atomic E-state index is 0.543. The molecule has 1 aromatic carbocycles. The average Bonchev–Trinajstić information content (AvgIpc) is 2.41. The number of halogens is 1. The van der Waals surface area contributed by atoms with Gasteiger partial charge >= 0.3 is 0 Å². The van der Waals surface area contributed by atoms with Gasteiger partial charge in [0.05, 0.1) is 29.5 Å². The van der Waals surface area contributed by atoms with Gasteiger partial charge in [0, 0.05) is 12.3 Å². The zero-order chi connectivity index (χ0) is 13.0. The Morgan fingerprint density at radius 2 is 2.17 bits per heavy atom. The van der Waals surface area contributed by atoms with E-state index in [9.17, 15) is 0 Å². The average molecular weight is 260 g/mol. The molecule has 2 aromatic rings. The van der Waals surface area contributed by atoms with Gasteiger partial charge in [-0.2, -0.15) is 5.26 Å². The van der Waals surface area contributed by atoms with E-state index in [-0.39, 0.29) is 0 Å². The summed E-state index contributed by atoms with van der Waals surface area (Å²) in [5.41, 5.74) is 1.28. The molecule has 0 unspecified atom stereocenters. The van der Waals surface area contributed by atoms with E-state index in [1.807, 2.05) is 0 Å². The van der Waals surface area contributed by atoms with Gasteiger partial charge in [-0.15, -0.1) is 0 Å². The molecule has 0 aliphatic rings. The number of ether oxygens (including phenoxy) is 1. The smallest absolute Gasteiger partial charge is 0.143 e. The van der Waals surface area contributed by atoms with E-state index < -0.39 is 0 Å². The molecular formula is C13H10ClN3O. The van der Waals surface area contributed by atoms with Gasteiger partial charge in [0.2, 0.25) is 0 Å². The number of rotatable bonds is 3. The molecule has 1 N–H and O–H groups in total. The largest absolute Gasteiger partial charge is 0.495 e. The Labute approximate surface area is 110 Å². The van der Waals surface area contributed by atoms with E-state index in [1.54, 1.807) is 43.6 Å². The molecule has 0 saturated heterocycles. The zero-order valence-electron chi connectivity index (χ0n) is 9.64. The van der Waals surface area contributed by atoms with Crippen LogP contribution in [0.4, 0.5) is 11.5 Å². The van der Waals surface area contributed by atoms with Crippen LogP contribution in [0.15, 0.2) is 36.5 Å². The molecule has 0 radical (unpaired) electrons. The molecule has 0 saturated carbocycles. The Kier molecular flexibility index (Phi) is 3.66. The highest BCUT2D eigenvalue weighted by atomic mass is 35.5. The minimum atomic E-state index is 0.543. The molecule has 0 fully saturated rings. The summed E-state index contributed by atoms with van der Waals surface area (Å²) in [5, 5.41) is 12.5. The Hall–Kier alpha value is -2.25. The van der Waals surface area contributed by atoms with Crippen LogP contribution in [-0.4, -0.2) is 12.1 Å². The normalized spacial score (nSPS) is 9.61. The number of methoxy groups -OCH3 is 1. The number of aromatic nitrogens is 1. The molecule has 5 heteroatoms. The summed E-state index contributed by atoms with van der Waals surface area (Å²) in [6.45, 7) is 0. The topological polar surface area (TPSA) is 57.9 Å². The van der Waals surface area contributed by atoms with Gasteiger partial charge in [0.1, 0.15) is 11.6 Å².